The Hall–Kier alpha value is -7.02. The maximum atomic E-state index is 2.41. The fraction of sp³-hybridized carbons (Fsp3) is 0.0526. The topological polar surface area (TPSA) is 0 Å². The van der Waals surface area contributed by atoms with Crippen molar-refractivity contribution in [1.29, 1.82) is 0 Å². The first-order valence-corrected chi connectivity index (χ1v) is 20.0. The Balaban J connectivity index is 0.939. The number of hydrogen-bond acceptors (Lipinski definition) is 0. The summed E-state index contributed by atoms with van der Waals surface area (Å²) in [5.74, 6) is 0.443. The fourth-order valence-electron chi connectivity index (χ4n) is 8.81. The summed E-state index contributed by atoms with van der Waals surface area (Å²) < 4.78 is 0. The van der Waals surface area contributed by atoms with Crippen molar-refractivity contribution in [2.24, 2.45) is 0 Å². The molecule has 0 heteroatoms. The van der Waals surface area contributed by atoms with Crippen LogP contribution >= 0.6 is 0 Å². The standard InChI is InChI=1S/C57H42/c1-4-12-41(13-5-1)44-24-30-48(31-25-44)55(49-32-26-45(27-33-49)42-14-6-2-7-15-42)38-40-20-22-47(23-21-40)51-36-37-54-56(39-51)52-18-10-11-19-53(52)57(54)50-34-28-46(29-35-50)43-16-8-3-9-17-43/h1-37,39,55,57H,38H2. The van der Waals surface area contributed by atoms with Crippen molar-refractivity contribution in [2.75, 3.05) is 0 Å². The van der Waals surface area contributed by atoms with E-state index in [1.54, 1.807) is 0 Å². The second-order valence-corrected chi connectivity index (χ2v) is 15.2. The molecule has 0 saturated carbocycles. The molecule has 1 atom stereocenters. The SMILES string of the molecule is c1ccc(-c2ccc(C(Cc3ccc(-c4ccc5c(c4)-c4ccccc4C5c4ccc(-c5ccccc5)cc4)cc3)c3ccc(-c4ccccc4)cc3)cc2)cc1. The quantitative estimate of drug-likeness (QED) is 0.139. The molecule has 0 N–H and O–H groups in total. The summed E-state index contributed by atoms with van der Waals surface area (Å²) in [7, 11) is 0. The second-order valence-electron chi connectivity index (χ2n) is 15.2. The summed E-state index contributed by atoms with van der Waals surface area (Å²) in [5, 5.41) is 0. The van der Waals surface area contributed by atoms with Crippen molar-refractivity contribution in [3.63, 3.8) is 0 Å². The lowest BCUT2D eigenvalue weighted by Crippen LogP contribution is -2.05. The Bertz CT molecular complexity index is 2660. The summed E-state index contributed by atoms with van der Waals surface area (Å²) in [5.41, 5.74) is 20.7. The van der Waals surface area contributed by atoms with Crippen LogP contribution in [0.25, 0.3) is 55.6 Å². The van der Waals surface area contributed by atoms with Crippen LogP contribution < -0.4 is 0 Å². The van der Waals surface area contributed by atoms with Crippen molar-refractivity contribution in [2.45, 2.75) is 18.3 Å². The number of fused-ring (bicyclic) bond motifs is 3. The zero-order chi connectivity index (χ0) is 38.0. The maximum absolute atomic E-state index is 2.41. The van der Waals surface area contributed by atoms with Crippen LogP contribution in [0.5, 0.6) is 0 Å². The van der Waals surface area contributed by atoms with Gasteiger partial charge in [-0.2, -0.15) is 0 Å². The normalized spacial score (nSPS) is 13.0. The van der Waals surface area contributed by atoms with Crippen LogP contribution in [0.3, 0.4) is 0 Å². The molecule has 0 heterocycles. The first-order valence-electron chi connectivity index (χ1n) is 20.0. The molecular weight excluding hydrogens is 685 g/mol. The largest absolute Gasteiger partial charge is 0.0622 e. The third-order valence-corrected chi connectivity index (χ3v) is 11.8. The van der Waals surface area contributed by atoms with E-state index in [9.17, 15) is 0 Å². The lowest BCUT2D eigenvalue weighted by Gasteiger charge is -2.20. The molecule has 10 rings (SSSR count). The van der Waals surface area contributed by atoms with Crippen molar-refractivity contribution in [1.82, 2.24) is 0 Å². The number of hydrogen-bond donors (Lipinski definition) is 0. The minimum Gasteiger partial charge on any atom is -0.0622 e. The van der Waals surface area contributed by atoms with E-state index in [2.05, 4.69) is 231 Å². The molecule has 0 bridgehead atoms. The van der Waals surface area contributed by atoms with Crippen LogP contribution in [0.1, 0.15) is 45.2 Å². The van der Waals surface area contributed by atoms with Crippen LogP contribution in [0, 0.1) is 0 Å². The first kappa shape index (κ1) is 34.5. The zero-order valence-corrected chi connectivity index (χ0v) is 31.8. The van der Waals surface area contributed by atoms with Crippen LogP contribution in [0.4, 0.5) is 0 Å². The molecule has 0 spiro atoms. The van der Waals surface area contributed by atoms with Crippen LogP contribution in [-0.2, 0) is 6.42 Å². The molecule has 1 unspecified atom stereocenters. The van der Waals surface area contributed by atoms with Gasteiger partial charge < -0.3 is 0 Å². The Morgan fingerprint density at radius 2 is 0.684 bits per heavy atom. The summed E-state index contributed by atoms with van der Waals surface area (Å²) in [6, 6.07) is 84.8. The van der Waals surface area contributed by atoms with E-state index in [0.29, 0.717) is 0 Å². The summed E-state index contributed by atoms with van der Waals surface area (Å²) in [6.45, 7) is 0. The third-order valence-electron chi connectivity index (χ3n) is 11.8. The highest BCUT2D eigenvalue weighted by molar-refractivity contribution is 5.84. The summed E-state index contributed by atoms with van der Waals surface area (Å²) >= 11 is 0. The van der Waals surface area contributed by atoms with Crippen LogP contribution in [0.2, 0.25) is 0 Å². The highest BCUT2D eigenvalue weighted by Gasteiger charge is 2.30. The first-order chi connectivity index (χ1) is 28.2. The minimum atomic E-state index is 0.220. The summed E-state index contributed by atoms with van der Waals surface area (Å²) in [4.78, 5) is 0. The van der Waals surface area contributed by atoms with E-state index in [4.69, 9.17) is 0 Å². The fourth-order valence-corrected chi connectivity index (χ4v) is 8.81. The summed E-state index contributed by atoms with van der Waals surface area (Å²) in [6.07, 6.45) is 0.915. The lowest BCUT2D eigenvalue weighted by atomic mass is 9.84. The molecule has 0 nitrogen and oxygen atoms in total. The van der Waals surface area contributed by atoms with Gasteiger partial charge in [0.15, 0.2) is 0 Å². The van der Waals surface area contributed by atoms with E-state index in [-0.39, 0.29) is 11.8 Å². The lowest BCUT2D eigenvalue weighted by molar-refractivity contribution is 0.805. The molecule has 9 aromatic carbocycles. The Kier molecular flexibility index (Phi) is 9.22. The van der Waals surface area contributed by atoms with E-state index in [1.165, 1.54) is 89.0 Å². The third kappa shape index (κ3) is 6.92. The molecule has 0 radical (unpaired) electrons. The van der Waals surface area contributed by atoms with E-state index >= 15 is 0 Å². The Morgan fingerprint density at radius 3 is 1.21 bits per heavy atom. The van der Waals surface area contributed by atoms with Gasteiger partial charge >= 0.3 is 0 Å². The molecule has 9 aromatic rings. The van der Waals surface area contributed by atoms with E-state index in [1.807, 2.05) is 0 Å². The van der Waals surface area contributed by atoms with Crippen molar-refractivity contribution >= 4 is 0 Å². The number of benzene rings is 9. The Labute approximate surface area is 336 Å². The van der Waals surface area contributed by atoms with Gasteiger partial charge in [0.1, 0.15) is 0 Å². The van der Waals surface area contributed by atoms with Gasteiger partial charge in [-0.25, -0.2) is 0 Å². The molecule has 270 valence electrons. The van der Waals surface area contributed by atoms with Crippen LogP contribution in [0.15, 0.2) is 231 Å². The highest BCUT2D eigenvalue weighted by Crippen LogP contribution is 2.49. The highest BCUT2D eigenvalue weighted by atomic mass is 14.3. The average Bonchev–Trinajstić information content (AvgIpc) is 3.63. The predicted octanol–water partition coefficient (Wildman–Crippen LogP) is 14.9. The molecular formula is C57H42. The second kappa shape index (κ2) is 15.3. The molecule has 0 saturated heterocycles. The molecule has 0 aliphatic heterocycles. The van der Waals surface area contributed by atoms with Crippen molar-refractivity contribution in [3.05, 3.63) is 264 Å². The molecule has 0 amide bonds. The molecule has 1 aliphatic carbocycles. The van der Waals surface area contributed by atoms with Gasteiger partial charge in [-0.3, -0.25) is 0 Å². The smallest absolute Gasteiger partial charge is 0.0352 e. The maximum Gasteiger partial charge on any atom is 0.0352 e. The van der Waals surface area contributed by atoms with Gasteiger partial charge in [-0.1, -0.05) is 224 Å². The monoisotopic (exact) mass is 726 g/mol. The van der Waals surface area contributed by atoms with E-state index < -0.39 is 0 Å². The molecule has 0 fully saturated rings. The number of rotatable bonds is 9. The van der Waals surface area contributed by atoms with Gasteiger partial charge in [0.25, 0.3) is 0 Å². The van der Waals surface area contributed by atoms with Gasteiger partial charge in [0.2, 0.25) is 0 Å². The predicted molar refractivity (Wildman–Crippen MR) is 239 cm³/mol. The average molecular weight is 727 g/mol. The van der Waals surface area contributed by atoms with E-state index in [0.717, 1.165) is 6.42 Å². The molecule has 0 aromatic heterocycles. The van der Waals surface area contributed by atoms with Gasteiger partial charge in [0.05, 0.1) is 0 Å². The zero-order valence-electron chi connectivity index (χ0n) is 31.8. The van der Waals surface area contributed by atoms with Crippen molar-refractivity contribution in [3.8, 4) is 55.6 Å². The van der Waals surface area contributed by atoms with Gasteiger partial charge in [-0.05, 0) is 102 Å². The molecule has 57 heavy (non-hydrogen) atoms. The van der Waals surface area contributed by atoms with Crippen LogP contribution in [-0.4, -0.2) is 0 Å². The van der Waals surface area contributed by atoms with Gasteiger partial charge in [0, 0.05) is 11.8 Å². The molecule has 1 aliphatic rings. The minimum absolute atomic E-state index is 0.220. The Morgan fingerprint density at radius 1 is 0.298 bits per heavy atom. The van der Waals surface area contributed by atoms with Gasteiger partial charge in [-0.15, -0.1) is 0 Å². The van der Waals surface area contributed by atoms with Crippen molar-refractivity contribution < 1.29 is 0 Å².